The molecular formula is C26H30F3NO5S. The molecule has 10 heteroatoms. The van der Waals surface area contributed by atoms with E-state index in [1.165, 1.54) is 26.4 Å². The summed E-state index contributed by atoms with van der Waals surface area (Å²) in [4.78, 5) is 11.2. The molecule has 1 fully saturated rings. The van der Waals surface area contributed by atoms with Gasteiger partial charge in [0.2, 0.25) is 0 Å². The first kappa shape index (κ1) is 26.3. The Morgan fingerprint density at radius 3 is 2.56 bits per heavy atom. The molecule has 2 aliphatic rings. The zero-order valence-corrected chi connectivity index (χ0v) is 20.9. The number of benzene rings is 2. The van der Waals surface area contributed by atoms with E-state index in [1.54, 1.807) is 12.1 Å². The van der Waals surface area contributed by atoms with Gasteiger partial charge in [0, 0.05) is 6.42 Å². The van der Waals surface area contributed by atoms with Crippen LogP contribution in [0, 0.1) is 5.92 Å². The lowest BCUT2D eigenvalue weighted by Gasteiger charge is -2.36. The molecule has 0 saturated heterocycles. The summed E-state index contributed by atoms with van der Waals surface area (Å²) in [5.74, 6) is 0.376. The third-order valence-electron chi connectivity index (χ3n) is 6.85. The molecule has 1 heterocycles. The Morgan fingerprint density at radius 1 is 1.11 bits per heavy atom. The van der Waals surface area contributed by atoms with Gasteiger partial charge in [-0.2, -0.15) is 13.2 Å². The molecule has 2 aromatic rings. The number of hydrogen-bond acceptors (Lipinski definition) is 5. The van der Waals surface area contributed by atoms with Gasteiger partial charge >= 0.3 is 12.1 Å². The Morgan fingerprint density at radius 2 is 1.86 bits per heavy atom. The van der Waals surface area contributed by atoms with E-state index in [4.69, 9.17) is 4.74 Å². The van der Waals surface area contributed by atoms with E-state index in [0.29, 0.717) is 23.4 Å². The average molecular weight is 526 g/mol. The predicted octanol–water partition coefficient (Wildman–Crippen LogP) is 5.74. The highest BCUT2D eigenvalue weighted by Crippen LogP contribution is 2.40. The number of esters is 1. The molecule has 2 aromatic carbocycles. The summed E-state index contributed by atoms with van der Waals surface area (Å²) in [6, 6.07) is 9.14. The maximum atomic E-state index is 13.7. The number of fused-ring (bicyclic) bond motifs is 1. The number of sulfonamides is 1. The summed E-state index contributed by atoms with van der Waals surface area (Å²) >= 11 is 0. The Kier molecular flexibility index (Phi) is 7.82. The summed E-state index contributed by atoms with van der Waals surface area (Å²) in [6.07, 6.45) is 1.50. The summed E-state index contributed by atoms with van der Waals surface area (Å²) in [5.41, 5.74) is 0.224. The minimum atomic E-state index is -4.68. The Balaban J connectivity index is 1.69. The van der Waals surface area contributed by atoms with Crippen LogP contribution >= 0.6 is 0 Å². The molecule has 1 aliphatic carbocycles. The zero-order valence-electron chi connectivity index (χ0n) is 20.1. The largest absolute Gasteiger partial charge is 0.486 e. The Labute approximate surface area is 209 Å². The van der Waals surface area contributed by atoms with Crippen molar-refractivity contribution in [2.24, 2.45) is 5.92 Å². The van der Waals surface area contributed by atoms with Gasteiger partial charge in [-0.3, -0.25) is 9.10 Å². The van der Waals surface area contributed by atoms with Gasteiger partial charge in [0.1, 0.15) is 11.9 Å². The highest BCUT2D eigenvalue weighted by molar-refractivity contribution is 7.92. The van der Waals surface area contributed by atoms with Crippen LogP contribution in [0.1, 0.15) is 56.1 Å². The van der Waals surface area contributed by atoms with Crippen molar-refractivity contribution in [3.63, 3.8) is 0 Å². The second kappa shape index (κ2) is 10.7. The fourth-order valence-electron chi connectivity index (χ4n) is 4.93. The van der Waals surface area contributed by atoms with Crippen LogP contribution < -0.4 is 9.04 Å². The van der Waals surface area contributed by atoms with Crippen molar-refractivity contribution in [2.75, 3.05) is 18.0 Å². The van der Waals surface area contributed by atoms with E-state index in [2.05, 4.69) is 4.74 Å². The van der Waals surface area contributed by atoms with Crippen LogP contribution in [0.25, 0.3) is 0 Å². The minimum absolute atomic E-state index is 0.0215. The van der Waals surface area contributed by atoms with E-state index in [9.17, 15) is 26.4 Å². The number of anilines is 1. The number of nitrogens with zero attached hydrogens (tertiary/aromatic N) is 1. The highest BCUT2D eigenvalue weighted by atomic mass is 32.2. The lowest BCUT2D eigenvalue weighted by molar-refractivity contribution is -0.141. The molecule has 1 saturated carbocycles. The number of methoxy groups -OCH3 is 1. The van der Waals surface area contributed by atoms with Crippen molar-refractivity contribution in [2.45, 2.75) is 68.5 Å². The average Bonchev–Trinajstić information content (AvgIpc) is 2.87. The summed E-state index contributed by atoms with van der Waals surface area (Å²) in [7, 11) is -3.09. The van der Waals surface area contributed by atoms with Crippen molar-refractivity contribution < 1.29 is 35.9 Å². The SMILES string of the molecule is COC(=O)CC[C@H]1CN(S(=O)(=O)c2cccc(C(F)(F)F)c2)c2cc(CC3CCCCC3)ccc2O1. The molecule has 0 bridgehead atoms. The predicted molar refractivity (Wildman–Crippen MR) is 128 cm³/mol. The Bertz CT molecular complexity index is 1190. The number of halogens is 3. The summed E-state index contributed by atoms with van der Waals surface area (Å²) < 4.78 is 79.1. The number of carbonyl (C=O) groups excluding carboxylic acids is 1. The first-order valence-corrected chi connectivity index (χ1v) is 13.6. The van der Waals surface area contributed by atoms with Crippen molar-refractivity contribution in [1.82, 2.24) is 0 Å². The van der Waals surface area contributed by atoms with Gasteiger partial charge in [0.15, 0.2) is 0 Å². The molecule has 1 aliphatic heterocycles. The van der Waals surface area contributed by atoms with Gasteiger partial charge in [-0.05, 0) is 54.7 Å². The van der Waals surface area contributed by atoms with Crippen LogP contribution in [0.2, 0.25) is 0 Å². The lowest BCUT2D eigenvalue weighted by atomic mass is 9.85. The minimum Gasteiger partial charge on any atom is -0.486 e. The molecule has 0 N–H and O–H groups in total. The molecule has 36 heavy (non-hydrogen) atoms. The monoisotopic (exact) mass is 525 g/mol. The van der Waals surface area contributed by atoms with Crippen LogP contribution in [-0.2, 0) is 32.2 Å². The molecule has 0 radical (unpaired) electrons. The van der Waals surface area contributed by atoms with E-state index < -0.39 is 38.7 Å². The lowest BCUT2D eigenvalue weighted by Crippen LogP contribution is -2.43. The van der Waals surface area contributed by atoms with E-state index in [1.807, 2.05) is 6.07 Å². The number of hydrogen-bond donors (Lipinski definition) is 0. The first-order valence-electron chi connectivity index (χ1n) is 12.1. The van der Waals surface area contributed by atoms with Crippen LogP contribution in [0.3, 0.4) is 0 Å². The molecular weight excluding hydrogens is 495 g/mol. The van der Waals surface area contributed by atoms with Gasteiger partial charge in [-0.1, -0.05) is 44.2 Å². The molecule has 0 spiro atoms. The van der Waals surface area contributed by atoms with Crippen LogP contribution in [-0.4, -0.2) is 34.1 Å². The second-order valence-electron chi connectivity index (χ2n) is 9.43. The van der Waals surface area contributed by atoms with Gasteiger partial charge < -0.3 is 9.47 Å². The van der Waals surface area contributed by atoms with Gasteiger partial charge in [-0.25, -0.2) is 8.42 Å². The first-order chi connectivity index (χ1) is 17.1. The van der Waals surface area contributed by atoms with E-state index >= 15 is 0 Å². The normalized spacial score (nSPS) is 18.9. The number of ether oxygens (including phenoxy) is 2. The smallest absolute Gasteiger partial charge is 0.416 e. The fourth-order valence-corrected chi connectivity index (χ4v) is 6.47. The van der Waals surface area contributed by atoms with Crippen molar-refractivity contribution >= 4 is 21.7 Å². The summed E-state index contributed by atoms with van der Waals surface area (Å²) in [6.45, 7) is -0.130. The number of carbonyl (C=O) groups is 1. The third kappa shape index (κ3) is 5.96. The third-order valence-corrected chi connectivity index (χ3v) is 8.63. The van der Waals surface area contributed by atoms with Crippen LogP contribution in [0.5, 0.6) is 5.75 Å². The molecule has 4 rings (SSSR count). The van der Waals surface area contributed by atoms with Crippen molar-refractivity contribution in [3.8, 4) is 5.75 Å². The quantitative estimate of drug-likeness (QED) is 0.431. The fraction of sp³-hybridized carbons (Fsp3) is 0.500. The van der Waals surface area contributed by atoms with Crippen molar-refractivity contribution in [1.29, 1.82) is 0 Å². The standard InChI is InChI=1S/C26H30F3NO5S/c1-34-25(31)13-11-21-17-30(36(32,33)22-9-5-8-20(16-22)26(27,28)29)23-15-19(10-12-24(23)35-21)14-18-6-3-2-4-7-18/h5,8-10,12,15-16,18,21H,2-4,6-7,11,13-14,17H2,1H3/t21-/m0/s1. The van der Waals surface area contributed by atoms with E-state index in [-0.39, 0.29) is 19.4 Å². The maximum absolute atomic E-state index is 13.7. The van der Waals surface area contributed by atoms with E-state index in [0.717, 1.165) is 47.3 Å². The summed E-state index contributed by atoms with van der Waals surface area (Å²) in [5, 5.41) is 0. The molecule has 1 atom stereocenters. The zero-order chi connectivity index (χ0) is 25.9. The number of rotatable bonds is 7. The van der Waals surface area contributed by atoms with Crippen LogP contribution in [0.15, 0.2) is 47.4 Å². The van der Waals surface area contributed by atoms with Gasteiger partial charge in [0.25, 0.3) is 10.0 Å². The molecule has 0 unspecified atom stereocenters. The van der Waals surface area contributed by atoms with Gasteiger partial charge in [0.05, 0.1) is 29.8 Å². The topological polar surface area (TPSA) is 72.9 Å². The Hall–Kier alpha value is -2.75. The maximum Gasteiger partial charge on any atom is 0.416 e. The number of alkyl halides is 3. The molecule has 0 amide bonds. The van der Waals surface area contributed by atoms with Crippen molar-refractivity contribution in [3.05, 3.63) is 53.6 Å². The highest BCUT2D eigenvalue weighted by Gasteiger charge is 2.37. The second-order valence-corrected chi connectivity index (χ2v) is 11.3. The molecule has 6 nitrogen and oxygen atoms in total. The molecule has 0 aromatic heterocycles. The molecule has 196 valence electrons. The van der Waals surface area contributed by atoms with Gasteiger partial charge in [-0.15, -0.1) is 0 Å². The van der Waals surface area contributed by atoms with Crippen LogP contribution in [0.4, 0.5) is 18.9 Å².